The second-order valence-corrected chi connectivity index (χ2v) is 14.9. The zero-order valence-corrected chi connectivity index (χ0v) is 29.3. The smallest absolute Gasteiger partial charge is 0.410 e. The first-order valence-electron chi connectivity index (χ1n) is 17.1. The molecule has 2 aliphatic heterocycles. The molecule has 0 unspecified atom stereocenters. The van der Waals surface area contributed by atoms with E-state index in [1.54, 1.807) is 17.0 Å². The normalized spacial score (nSPS) is 16.6. The van der Waals surface area contributed by atoms with Crippen LogP contribution in [0, 0.1) is 24.1 Å². The van der Waals surface area contributed by atoms with Gasteiger partial charge in [0.15, 0.2) is 0 Å². The lowest BCUT2D eigenvalue weighted by molar-refractivity contribution is -0.0230. The Bertz CT molecular complexity index is 1500. The zero-order valence-electron chi connectivity index (χ0n) is 29.3. The largest absolute Gasteiger partial charge is 0.493 e. The van der Waals surface area contributed by atoms with Crippen LogP contribution in [0.15, 0.2) is 48.5 Å². The van der Waals surface area contributed by atoms with Crippen LogP contribution in [0.5, 0.6) is 5.75 Å². The number of carbonyl (C=O) groups is 1. The Hall–Kier alpha value is -3.65. The van der Waals surface area contributed by atoms with Gasteiger partial charge in [-0.1, -0.05) is 45.0 Å². The van der Waals surface area contributed by atoms with Crippen molar-refractivity contribution in [2.24, 2.45) is 11.3 Å². The molecule has 1 amide bonds. The van der Waals surface area contributed by atoms with Crippen LogP contribution in [-0.4, -0.2) is 61.0 Å². The van der Waals surface area contributed by atoms with E-state index in [1.807, 2.05) is 32.9 Å². The fraction of sp³-hybridized carbons (Fsp3) is 0.538. The van der Waals surface area contributed by atoms with Gasteiger partial charge < -0.3 is 24.0 Å². The molecule has 3 aromatic rings. The first-order valence-corrected chi connectivity index (χ1v) is 17.1. The van der Waals surface area contributed by atoms with E-state index < -0.39 is 5.60 Å². The summed E-state index contributed by atoms with van der Waals surface area (Å²) in [5.41, 5.74) is 7.65. The van der Waals surface area contributed by atoms with Gasteiger partial charge in [0.25, 0.3) is 0 Å². The van der Waals surface area contributed by atoms with Crippen molar-refractivity contribution in [3.63, 3.8) is 0 Å². The lowest BCUT2D eigenvalue weighted by Crippen LogP contribution is -2.53. The molecule has 3 heterocycles. The van der Waals surface area contributed by atoms with E-state index in [9.17, 15) is 9.18 Å². The first-order chi connectivity index (χ1) is 22.3. The lowest BCUT2D eigenvalue weighted by Gasteiger charge is -2.40. The molecule has 254 valence electrons. The lowest BCUT2D eigenvalue weighted by atomic mass is 9.82. The van der Waals surface area contributed by atoms with Crippen molar-refractivity contribution in [2.75, 3.05) is 44.3 Å². The van der Waals surface area contributed by atoms with E-state index in [2.05, 4.69) is 44.7 Å². The molecule has 0 spiro atoms. The molecule has 2 fully saturated rings. The van der Waals surface area contributed by atoms with E-state index in [-0.39, 0.29) is 17.8 Å². The van der Waals surface area contributed by atoms with Crippen molar-refractivity contribution in [1.82, 2.24) is 9.88 Å². The summed E-state index contributed by atoms with van der Waals surface area (Å²) in [7, 11) is 0. The summed E-state index contributed by atoms with van der Waals surface area (Å²) in [5, 5.41) is 0. The minimum atomic E-state index is -0.501. The average Bonchev–Trinajstić information content (AvgIpc) is 2.98. The van der Waals surface area contributed by atoms with Crippen LogP contribution in [0.25, 0.3) is 11.1 Å². The van der Waals surface area contributed by atoms with Gasteiger partial charge in [-0.25, -0.2) is 9.18 Å². The second kappa shape index (κ2) is 14.6. The van der Waals surface area contributed by atoms with Crippen LogP contribution in [0.3, 0.4) is 0 Å². The predicted molar refractivity (Wildman–Crippen MR) is 186 cm³/mol. The molecule has 0 saturated carbocycles. The molecular weight excluding hydrogens is 593 g/mol. The summed E-state index contributed by atoms with van der Waals surface area (Å²) >= 11 is 0. The monoisotopic (exact) mass is 645 g/mol. The minimum absolute atomic E-state index is 0.229. The molecule has 0 bridgehead atoms. The van der Waals surface area contributed by atoms with Crippen LogP contribution in [-0.2, 0) is 28.9 Å². The number of ether oxygens (including phenoxy) is 3. The van der Waals surface area contributed by atoms with E-state index in [1.165, 1.54) is 23.4 Å². The Labute approximate surface area is 280 Å². The third-order valence-corrected chi connectivity index (χ3v) is 9.25. The fourth-order valence-electron chi connectivity index (χ4n) is 6.43. The number of halogens is 1. The van der Waals surface area contributed by atoms with Gasteiger partial charge in [-0.15, -0.1) is 0 Å². The number of nitrogens with zero attached hydrogens (tertiary/aromatic N) is 3. The number of aryl methyl sites for hydroxylation is 1. The standard InChI is InChI=1S/C39H52FN3O4/c1-8-33-27(2)41-34(26-45-25-29-23-43(24-29)37(44)47-38(3,4)5)35(36(33)42-20-18-39(6,7)19-21-42)30-11-15-32(16-12-30)46-22-17-28-9-13-31(40)14-10-28/h9-16,29H,8,17-26H2,1-7H3. The molecule has 2 saturated heterocycles. The number of amides is 1. The molecule has 47 heavy (non-hydrogen) atoms. The number of aromatic nitrogens is 1. The molecule has 0 N–H and O–H groups in total. The van der Waals surface area contributed by atoms with Crippen molar-refractivity contribution in [3.8, 4) is 16.9 Å². The summed E-state index contributed by atoms with van der Waals surface area (Å²) in [6, 6.07) is 14.9. The van der Waals surface area contributed by atoms with Gasteiger partial charge >= 0.3 is 6.09 Å². The number of rotatable bonds is 11. The molecule has 1 aromatic heterocycles. The van der Waals surface area contributed by atoms with Gasteiger partial charge in [0.2, 0.25) is 0 Å². The van der Waals surface area contributed by atoms with Crippen molar-refractivity contribution < 1.29 is 23.4 Å². The fourth-order valence-corrected chi connectivity index (χ4v) is 6.43. The molecule has 2 aliphatic rings. The highest BCUT2D eigenvalue weighted by Gasteiger charge is 2.34. The number of piperidine rings is 1. The molecule has 5 rings (SSSR count). The molecule has 7 nitrogen and oxygen atoms in total. The zero-order chi connectivity index (χ0) is 33.8. The predicted octanol–water partition coefficient (Wildman–Crippen LogP) is 8.39. The number of hydrogen-bond acceptors (Lipinski definition) is 6. The molecule has 0 aliphatic carbocycles. The Morgan fingerprint density at radius 2 is 1.68 bits per heavy atom. The highest BCUT2D eigenvalue weighted by Crippen LogP contribution is 2.42. The summed E-state index contributed by atoms with van der Waals surface area (Å²) < 4.78 is 31.2. The molecule has 0 atom stereocenters. The minimum Gasteiger partial charge on any atom is -0.493 e. The van der Waals surface area contributed by atoms with Gasteiger partial charge in [0.1, 0.15) is 17.2 Å². The Kier molecular flexibility index (Phi) is 10.8. The third kappa shape index (κ3) is 9.04. The maximum atomic E-state index is 13.3. The highest BCUT2D eigenvalue weighted by molar-refractivity contribution is 5.84. The van der Waals surface area contributed by atoms with Crippen LogP contribution in [0.2, 0.25) is 0 Å². The van der Waals surface area contributed by atoms with Gasteiger partial charge in [-0.2, -0.15) is 0 Å². The van der Waals surface area contributed by atoms with Gasteiger partial charge in [0, 0.05) is 49.8 Å². The number of likely N-dealkylation sites (tertiary alicyclic amines) is 1. The highest BCUT2D eigenvalue weighted by atomic mass is 19.1. The number of benzene rings is 2. The third-order valence-electron chi connectivity index (χ3n) is 9.25. The number of anilines is 1. The molecule has 0 radical (unpaired) electrons. The molecule has 2 aromatic carbocycles. The van der Waals surface area contributed by atoms with E-state index in [0.29, 0.717) is 44.7 Å². The van der Waals surface area contributed by atoms with Crippen LogP contribution in [0.4, 0.5) is 14.9 Å². The maximum absolute atomic E-state index is 13.3. The first kappa shape index (κ1) is 34.7. The van der Waals surface area contributed by atoms with Crippen LogP contribution >= 0.6 is 0 Å². The molecular formula is C39H52FN3O4. The van der Waals surface area contributed by atoms with Gasteiger partial charge in [-0.3, -0.25) is 4.98 Å². The Morgan fingerprint density at radius 1 is 1.02 bits per heavy atom. The Balaban J connectivity index is 1.34. The average molecular weight is 646 g/mol. The van der Waals surface area contributed by atoms with Gasteiger partial charge in [0.05, 0.1) is 31.2 Å². The van der Waals surface area contributed by atoms with Crippen molar-refractivity contribution >= 4 is 11.8 Å². The van der Waals surface area contributed by atoms with Gasteiger partial charge in [-0.05, 0) is 93.3 Å². The van der Waals surface area contributed by atoms with Crippen LogP contribution < -0.4 is 9.64 Å². The summed E-state index contributed by atoms with van der Waals surface area (Å²) in [6.45, 7) is 19.5. The van der Waals surface area contributed by atoms with Crippen molar-refractivity contribution in [2.45, 2.75) is 86.4 Å². The van der Waals surface area contributed by atoms with Crippen molar-refractivity contribution in [1.29, 1.82) is 0 Å². The Morgan fingerprint density at radius 3 is 2.30 bits per heavy atom. The van der Waals surface area contributed by atoms with E-state index >= 15 is 0 Å². The SMILES string of the molecule is CCc1c(C)nc(COCC2CN(C(=O)OC(C)(C)C)C2)c(-c2ccc(OCCc3ccc(F)cc3)cc2)c1N1CCC(C)(C)CC1. The number of hydrogen-bond donors (Lipinski definition) is 0. The van der Waals surface area contributed by atoms with E-state index in [0.717, 1.165) is 66.2 Å². The summed E-state index contributed by atoms with van der Waals surface area (Å²) in [6.07, 6.45) is 3.62. The second-order valence-electron chi connectivity index (χ2n) is 14.9. The van der Waals surface area contributed by atoms with Crippen LogP contribution in [0.1, 0.15) is 76.9 Å². The molecule has 8 heteroatoms. The number of carbonyl (C=O) groups excluding carboxylic acids is 1. The summed E-state index contributed by atoms with van der Waals surface area (Å²) in [4.78, 5) is 21.8. The number of pyridine rings is 1. The van der Waals surface area contributed by atoms with E-state index in [4.69, 9.17) is 19.2 Å². The topological polar surface area (TPSA) is 64.1 Å². The van der Waals surface area contributed by atoms with Crippen molar-refractivity contribution in [3.05, 3.63) is 76.9 Å². The summed E-state index contributed by atoms with van der Waals surface area (Å²) in [5.74, 6) is 0.842. The maximum Gasteiger partial charge on any atom is 0.410 e. The quantitative estimate of drug-likeness (QED) is 0.209.